The zero-order valence-electron chi connectivity index (χ0n) is 10.5. The van der Waals surface area contributed by atoms with Gasteiger partial charge < -0.3 is 5.32 Å². The number of hydrogen-bond donors (Lipinski definition) is 1. The maximum absolute atomic E-state index is 12.1. The van der Waals surface area contributed by atoms with Crippen LogP contribution in [-0.2, 0) is 6.54 Å². The molecule has 0 saturated carbocycles. The van der Waals surface area contributed by atoms with Crippen LogP contribution in [0.15, 0.2) is 34.7 Å². The summed E-state index contributed by atoms with van der Waals surface area (Å²) in [4.78, 5) is 17.2. The molecule has 0 fully saturated rings. The molecule has 0 aliphatic heterocycles. The molecular weight excluding hydrogens is 246 g/mol. The van der Waals surface area contributed by atoms with E-state index in [1.165, 1.54) is 11.3 Å². The second-order valence-corrected chi connectivity index (χ2v) is 5.14. The van der Waals surface area contributed by atoms with Gasteiger partial charge >= 0.3 is 0 Å². The summed E-state index contributed by atoms with van der Waals surface area (Å²) in [5.74, 6) is 0. The van der Waals surface area contributed by atoms with Gasteiger partial charge in [-0.15, -0.1) is 11.3 Å². The molecule has 2 rings (SSSR count). The fraction of sp³-hybridized carbons (Fsp3) is 0.385. The predicted molar refractivity (Wildman–Crippen MR) is 76.2 cm³/mol. The van der Waals surface area contributed by atoms with E-state index < -0.39 is 0 Å². The van der Waals surface area contributed by atoms with E-state index >= 15 is 0 Å². The maximum Gasteiger partial charge on any atom is 0.262 e. The van der Waals surface area contributed by atoms with Crippen LogP contribution in [0.4, 0.5) is 0 Å². The van der Waals surface area contributed by atoms with Crippen molar-refractivity contribution in [3.63, 3.8) is 0 Å². The minimum atomic E-state index is 0.0119. The number of thiophene rings is 1. The van der Waals surface area contributed by atoms with Crippen molar-refractivity contribution in [3.8, 4) is 0 Å². The summed E-state index contributed by atoms with van der Waals surface area (Å²) in [5, 5.41) is 5.85. The molecule has 1 N–H and O–H groups in total. The van der Waals surface area contributed by atoms with E-state index in [0.717, 1.165) is 29.9 Å². The Morgan fingerprint density at radius 2 is 2.44 bits per heavy atom. The third-order valence-corrected chi connectivity index (χ3v) is 3.47. The highest BCUT2D eigenvalue weighted by atomic mass is 32.1. The number of fused-ring (bicyclic) bond motifs is 1. The van der Waals surface area contributed by atoms with Crippen LogP contribution in [0.5, 0.6) is 0 Å². The van der Waals surface area contributed by atoms with Crippen molar-refractivity contribution in [3.05, 3.63) is 40.3 Å². The first kappa shape index (κ1) is 13.0. The van der Waals surface area contributed by atoms with E-state index in [9.17, 15) is 4.79 Å². The lowest BCUT2D eigenvalue weighted by atomic mass is 10.3. The first-order valence-corrected chi connectivity index (χ1v) is 6.90. The lowest BCUT2D eigenvalue weighted by molar-refractivity contribution is 0.661. The molecular formula is C13H17N3OS. The SMILES string of the molecule is C=C(CNCCC)Cn1cnc2sccc2c1=O. The Kier molecular flexibility index (Phi) is 4.28. The van der Waals surface area contributed by atoms with Crippen molar-refractivity contribution < 1.29 is 0 Å². The molecule has 96 valence electrons. The highest BCUT2D eigenvalue weighted by molar-refractivity contribution is 7.16. The first-order chi connectivity index (χ1) is 8.72. The van der Waals surface area contributed by atoms with E-state index in [-0.39, 0.29) is 5.56 Å². The Morgan fingerprint density at radius 1 is 1.61 bits per heavy atom. The van der Waals surface area contributed by atoms with Crippen LogP contribution in [0.3, 0.4) is 0 Å². The molecule has 0 aliphatic rings. The molecule has 0 amide bonds. The summed E-state index contributed by atoms with van der Waals surface area (Å²) in [5.41, 5.74) is 1.000. The fourth-order valence-electron chi connectivity index (χ4n) is 1.74. The van der Waals surface area contributed by atoms with E-state index in [0.29, 0.717) is 11.9 Å². The molecule has 0 aromatic carbocycles. The third-order valence-electron chi connectivity index (χ3n) is 2.65. The Balaban J connectivity index is 2.09. The summed E-state index contributed by atoms with van der Waals surface area (Å²) in [6.45, 7) is 8.33. The summed E-state index contributed by atoms with van der Waals surface area (Å²) < 4.78 is 1.62. The number of hydrogen-bond acceptors (Lipinski definition) is 4. The largest absolute Gasteiger partial charge is 0.313 e. The standard InChI is InChI=1S/C13H17N3OS/c1-3-5-14-7-10(2)8-16-9-15-12-11(13(16)17)4-6-18-12/h4,6,9,14H,2-3,5,7-8H2,1H3. The molecule has 5 heteroatoms. The highest BCUT2D eigenvalue weighted by Gasteiger charge is 2.05. The van der Waals surface area contributed by atoms with Gasteiger partial charge in [-0.1, -0.05) is 13.5 Å². The van der Waals surface area contributed by atoms with Gasteiger partial charge in [0.25, 0.3) is 5.56 Å². The van der Waals surface area contributed by atoms with Crippen molar-refractivity contribution in [2.75, 3.05) is 13.1 Å². The van der Waals surface area contributed by atoms with Gasteiger partial charge in [0, 0.05) is 13.1 Å². The maximum atomic E-state index is 12.1. The van der Waals surface area contributed by atoms with Gasteiger partial charge in [0.15, 0.2) is 0 Å². The van der Waals surface area contributed by atoms with Gasteiger partial charge in [-0.05, 0) is 30.0 Å². The van der Waals surface area contributed by atoms with Crippen LogP contribution in [-0.4, -0.2) is 22.6 Å². The minimum absolute atomic E-state index is 0.0119. The first-order valence-electron chi connectivity index (χ1n) is 6.02. The van der Waals surface area contributed by atoms with Crippen LogP contribution in [0.25, 0.3) is 10.2 Å². The number of aromatic nitrogens is 2. The summed E-state index contributed by atoms with van der Waals surface area (Å²) in [7, 11) is 0. The molecule has 18 heavy (non-hydrogen) atoms. The molecule has 0 radical (unpaired) electrons. The van der Waals surface area contributed by atoms with Crippen molar-refractivity contribution in [2.45, 2.75) is 19.9 Å². The molecule has 0 unspecified atom stereocenters. The average Bonchev–Trinajstić information content (AvgIpc) is 2.82. The Morgan fingerprint density at radius 3 is 3.22 bits per heavy atom. The zero-order chi connectivity index (χ0) is 13.0. The molecule has 2 aromatic rings. The minimum Gasteiger partial charge on any atom is -0.313 e. The van der Waals surface area contributed by atoms with Crippen LogP contribution in [0.2, 0.25) is 0 Å². The third kappa shape index (κ3) is 2.86. The Labute approximate surface area is 110 Å². The lowest BCUT2D eigenvalue weighted by Crippen LogP contribution is -2.25. The van der Waals surface area contributed by atoms with Gasteiger partial charge in [0.05, 0.1) is 11.7 Å². The molecule has 2 heterocycles. The second kappa shape index (κ2) is 5.93. The summed E-state index contributed by atoms with van der Waals surface area (Å²) in [6, 6.07) is 1.82. The topological polar surface area (TPSA) is 46.9 Å². The monoisotopic (exact) mass is 263 g/mol. The van der Waals surface area contributed by atoms with Gasteiger partial charge in [0.2, 0.25) is 0 Å². The smallest absolute Gasteiger partial charge is 0.262 e. The second-order valence-electron chi connectivity index (χ2n) is 4.24. The van der Waals surface area contributed by atoms with Crippen molar-refractivity contribution in [1.82, 2.24) is 14.9 Å². The molecule has 4 nitrogen and oxygen atoms in total. The Hall–Kier alpha value is -1.46. The van der Waals surface area contributed by atoms with E-state index in [2.05, 4.69) is 23.8 Å². The predicted octanol–water partition coefficient (Wildman–Crippen LogP) is 2.01. The molecule has 0 spiro atoms. The number of nitrogens with one attached hydrogen (secondary N) is 1. The zero-order valence-corrected chi connectivity index (χ0v) is 11.3. The van der Waals surface area contributed by atoms with Crippen LogP contribution in [0.1, 0.15) is 13.3 Å². The average molecular weight is 263 g/mol. The molecule has 0 atom stereocenters. The van der Waals surface area contributed by atoms with Crippen molar-refractivity contribution >= 4 is 21.6 Å². The molecule has 2 aromatic heterocycles. The molecule has 0 saturated heterocycles. The summed E-state index contributed by atoms with van der Waals surface area (Å²) in [6.07, 6.45) is 2.70. The van der Waals surface area contributed by atoms with Crippen LogP contribution in [0, 0.1) is 0 Å². The van der Waals surface area contributed by atoms with Crippen molar-refractivity contribution in [1.29, 1.82) is 0 Å². The van der Waals surface area contributed by atoms with Crippen LogP contribution < -0.4 is 10.9 Å². The lowest BCUT2D eigenvalue weighted by Gasteiger charge is -2.09. The van der Waals surface area contributed by atoms with Gasteiger partial charge in [0.1, 0.15) is 4.83 Å². The summed E-state index contributed by atoms with van der Waals surface area (Å²) >= 11 is 1.49. The highest BCUT2D eigenvalue weighted by Crippen LogP contribution is 2.13. The van der Waals surface area contributed by atoms with E-state index in [1.807, 2.05) is 11.4 Å². The van der Waals surface area contributed by atoms with Crippen molar-refractivity contribution in [2.24, 2.45) is 0 Å². The van der Waals surface area contributed by atoms with E-state index in [1.54, 1.807) is 10.9 Å². The number of nitrogens with zero attached hydrogens (tertiary/aromatic N) is 2. The van der Waals surface area contributed by atoms with Gasteiger partial charge in [-0.3, -0.25) is 9.36 Å². The normalized spacial score (nSPS) is 10.9. The van der Waals surface area contributed by atoms with Gasteiger partial charge in [-0.25, -0.2) is 4.98 Å². The van der Waals surface area contributed by atoms with E-state index in [4.69, 9.17) is 0 Å². The number of rotatable bonds is 6. The van der Waals surface area contributed by atoms with Crippen LogP contribution >= 0.6 is 11.3 Å². The fourth-order valence-corrected chi connectivity index (χ4v) is 2.47. The quantitative estimate of drug-likeness (QED) is 0.640. The molecule has 0 bridgehead atoms. The molecule has 0 aliphatic carbocycles. The Bertz CT molecular complexity index is 600. The van der Waals surface area contributed by atoms with Gasteiger partial charge in [-0.2, -0.15) is 0 Å².